The van der Waals surface area contributed by atoms with Crippen LogP contribution in [-0.2, 0) is 9.53 Å². The Hall–Kier alpha value is -5.12. The van der Waals surface area contributed by atoms with Gasteiger partial charge in [0.15, 0.2) is 10.8 Å². The number of carboxylic acid groups (broad SMARTS) is 1. The lowest BCUT2D eigenvalue weighted by Gasteiger charge is -2.38. The standard InChI is InChI=1S/C32H28ClFN8O5S/c1-47-30(45)25-24(37-27(28-35-8-11-48-28)39-26(25)21-7-6-19(34)12-22(21)33)16-40-9-10-41-20(14-40)15-42(32(41)46)31-36-13-23(38-31)17-2-4-18(5-3-17)29(43)44/h2-8,11-13,20,26H,9-10,14-16H2,1H3,(H,36,38)(H,37,39)(H,43,44)/t20-,26-/m0/s1. The molecule has 5 heterocycles. The number of imidazole rings is 1. The lowest BCUT2D eigenvalue weighted by molar-refractivity contribution is -0.136. The summed E-state index contributed by atoms with van der Waals surface area (Å²) in [5, 5.41) is 15.1. The number of hydrogen-bond acceptors (Lipinski definition) is 10. The topological polar surface area (TPSA) is 156 Å². The van der Waals surface area contributed by atoms with Crippen LogP contribution in [-0.4, -0.2) is 99.5 Å². The molecule has 7 rings (SSSR count). The van der Waals surface area contributed by atoms with E-state index in [-0.39, 0.29) is 28.2 Å². The van der Waals surface area contributed by atoms with E-state index in [2.05, 4.69) is 25.2 Å². The van der Waals surface area contributed by atoms with Gasteiger partial charge in [-0.05, 0) is 29.8 Å². The summed E-state index contributed by atoms with van der Waals surface area (Å²) in [6.45, 7) is 2.18. The largest absolute Gasteiger partial charge is 0.478 e. The number of aromatic carboxylic acids is 1. The summed E-state index contributed by atoms with van der Waals surface area (Å²) in [5.41, 5.74) is 2.81. The van der Waals surface area contributed by atoms with E-state index in [1.807, 2.05) is 10.3 Å². The van der Waals surface area contributed by atoms with Crippen LogP contribution in [0.15, 0.2) is 76.5 Å². The summed E-state index contributed by atoms with van der Waals surface area (Å²) in [6, 6.07) is 9.16. The number of carbonyl (C=O) groups is 3. The van der Waals surface area contributed by atoms with Crippen molar-refractivity contribution in [2.45, 2.75) is 12.1 Å². The van der Waals surface area contributed by atoms with Crippen LogP contribution in [0.1, 0.15) is 27.0 Å². The first-order valence-electron chi connectivity index (χ1n) is 14.9. The third-order valence-electron chi connectivity index (χ3n) is 8.50. The zero-order chi connectivity index (χ0) is 33.5. The Balaban J connectivity index is 1.13. The molecule has 0 aliphatic carbocycles. The first-order chi connectivity index (χ1) is 23.2. The summed E-state index contributed by atoms with van der Waals surface area (Å²) < 4.78 is 19.2. The number of carboxylic acids is 1. The van der Waals surface area contributed by atoms with E-state index in [0.29, 0.717) is 66.5 Å². The number of amides is 2. The summed E-state index contributed by atoms with van der Waals surface area (Å²) in [5.74, 6) is -1.28. The van der Waals surface area contributed by atoms with Crippen molar-refractivity contribution in [1.82, 2.24) is 30.1 Å². The zero-order valence-electron chi connectivity index (χ0n) is 25.4. The smallest absolute Gasteiger partial charge is 0.338 e. The number of aromatic amines is 1. The van der Waals surface area contributed by atoms with Gasteiger partial charge in [0.1, 0.15) is 11.9 Å². The number of benzene rings is 2. The molecule has 0 radical (unpaired) electrons. The summed E-state index contributed by atoms with van der Waals surface area (Å²) >= 11 is 7.86. The Labute approximate surface area is 282 Å². The Morgan fingerprint density at radius 1 is 1.15 bits per heavy atom. The molecule has 4 aromatic rings. The van der Waals surface area contributed by atoms with Gasteiger partial charge in [0, 0.05) is 54.0 Å². The molecule has 2 saturated heterocycles. The molecule has 0 unspecified atom stereocenters. The highest BCUT2D eigenvalue weighted by Gasteiger charge is 2.43. The summed E-state index contributed by atoms with van der Waals surface area (Å²) in [4.78, 5) is 60.4. The van der Waals surface area contributed by atoms with Crippen molar-refractivity contribution in [3.8, 4) is 11.3 Å². The second-order valence-electron chi connectivity index (χ2n) is 11.4. The maximum Gasteiger partial charge on any atom is 0.338 e. The van der Waals surface area contributed by atoms with Crippen LogP contribution in [0.5, 0.6) is 0 Å². The molecular formula is C32H28ClFN8O5S. The van der Waals surface area contributed by atoms with Crippen LogP contribution in [0, 0.1) is 5.82 Å². The van der Waals surface area contributed by atoms with Gasteiger partial charge < -0.3 is 25.0 Å². The van der Waals surface area contributed by atoms with Crippen molar-refractivity contribution in [3.05, 3.63) is 98.5 Å². The van der Waals surface area contributed by atoms with Gasteiger partial charge in [0.05, 0.1) is 42.7 Å². The fourth-order valence-electron chi connectivity index (χ4n) is 6.17. The van der Waals surface area contributed by atoms with E-state index in [0.717, 1.165) is 5.56 Å². The number of urea groups is 1. The number of anilines is 1. The van der Waals surface area contributed by atoms with Crippen LogP contribution in [0.3, 0.4) is 0 Å². The maximum atomic E-state index is 14.0. The van der Waals surface area contributed by atoms with Crippen LogP contribution < -0.4 is 10.2 Å². The first-order valence-corrected chi connectivity index (χ1v) is 16.2. The molecule has 3 N–H and O–H groups in total. The van der Waals surface area contributed by atoms with Crippen LogP contribution in [0.4, 0.5) is 15.1 Å². The minimum Gasteiger partial charge on any atom is -0.478 e. The lowest BCUT2D eigenvalue weighted by Crippen LogP contribution is -2.53. The number of H-pyrrole nitrogens is 1. The average Bonchev–Trinajstić information content (AvgIpc) is 3.85. The third-order valence-corrected chi connectivity index (χ3v) is 9.61. The Kier molecular flexibility index (Phi) is 8.41. The van der Waals surface area contributed by atoms with Crippen molar-refractivity contribution >= 4 is 52.7 Å². The number of piperazine rings is 1. The molecule has 0 spiro atoms. The van der Waals surface area contributed by atoms with E-state index in [9.17, 15) is 23.9 Å². The van der Waals surface area contributed by atoms with Crippen molar-refractivity contribution in [2.75, 3.05) is 44.7 Å². The van der Waals surface area contributed by atoms with Crippen molar-refractivity contribution in [2.24, 2.45) is 4.99 Å². The SMILES string of the molecule is COC(=O)C1=C(CN2CCN3C(=O)N(c4ncc(-c5ccc(C(=O)O)cc5)[nH]4)C[C@@H]3C2)NC(c2nccs2)=N[C@H]1c1ccc(F)cc1Cl. The predicted octanol–water partition coefficient (Wildman–Crippen LogP) is 4.17. The van der Waals surface area contributed by atoms with E-state index >= 15 is 0 Å². The number of halogens is 2. The number of aromatic nitrogens is 3. The number of esters is 1. The van der Waals surface area contributed by atoms with Crippen LogP contribution in [0.2, 0.25) is 5.02 Å². The van der Waals surface area contributed by atoms with Gasteiger partial charge in [-0.2, -0.15) is 0 Å². The molecule has 3 aliphatic heterocycles. The molecule has 2 aromatic heterocycles. The molecular weight excluding hydrogens is 663 g/mol. The van der Waals surface area contributed by atoms with E-state index in [4.69, 9.17) is 21.3 Å². The number of carbonyl (C=O) groups excluding carboxylic acids is 2. The fourth-order valence-corrected chi connectivity index (χ4v) is 7.03. The number of thiazole rings is 1. The minimum atomic E-state index is -1.01. The Bertz CT molecular complexity index is 1960. The average molecular weight is 691 g/mol. The molecule has 0 saturated carbocycles. The molecule has 3 aliphatic rings. The van der Waals surface area contributed by atoms with Gasteiger partial charge in [-0.3, -0.25) is 14.8 Å². The highest BCUT2D eigenvalue weighted by molar-refractivity contribution is 7.11. The number of amidine groups is 1. The second kappa shape index (κ2) is 12.8. The second-order valence-corrected chi connectivity index (χ2v) is 12.7. The molecule has 13 nitrogen and oxygen atoms in total. The summed E-state index contributed by atoms with van der Waals surface area (Å²) in [6.07, 6.45) is 3.27. The normalized spacial score (nSPS) is 19.6. The highest BCUT2D eigenvalue weighted by atomic mass is 35.5. The Morgan fingerprint density at radius 2 is 1.96 bits per heavy atom. The fraction of sp³-hybridized carbons (Fsp3) is 0.250. The van der Waals surface area contributed by atoms with E-state index < -0.39 is 23.8 Å². The van der Waals surface area contributed by atoms with Gasteiger partial charge in [-0.1, -0.05) is 29.8 Å². The molecule has 2 aromatic carbocycles. The van der Waals surface area contributed by atoms with Crippen molar-refractivity contribution < 1.29 is 28.6 Å². The molecule has 48 heavy (non-hydrogen) atoms. The maximum absolute atomic E-state index is 14.0. The van der Waals surface area contributed by atoms with Gasteiger partial charge in [-0.25, -0.2) is 28.7 Å². The van der Waals surface area contributed by atoms with Crippen LogP contribution in [0.25, 0.3) is 11.3 Å². The number of fused-ring (bicyclic) bond motifs is 1. The van der Waals surface area contributed by atoms with Gasteiger partial charge in [0.2, 0.25) is 5.95 Å². The lowest BCUT2D eigenvalue weighted by atomic mass is 9.95. The predicted molar refractivity (Wildman–Crippen MR) is 176 cm³/mol. The van der Waals surface area contributed by atoms with Gasteiger partial charge in [0.25, 0.3) is 0 Å². The zero-order valence-corrected chi connectivity index (χ0v) is 27.0. The number of hydrogen-bond donors (Lipinski definition) is 3. The van der Waals surface area contributed by atoms with Crippen molar-refractivity contribution in [1.29, 1.82) is 0 Å². The molecule has 246 valence electrons. The first kappa shape index (κ1) is 31.5. The van der Waals surface area contributed by atoms with E-state index in [1.54, 1.807) is 29.4 Å². The Morgan fingerprint density at radius 3 is 2.67 bits per heavy atom. The number of nitrogens with zero attached hydrogens (tertiary/aromatic N) is 6. The number of rotatable bonds is 8. The molecule has 0 bridgehead atoms. The number of aliphatic imine (C=N–C) groups is 1. The highest BCUT2D eigenvalue weighted by Crippen LogP contribution is 2.37. The number of nitrogens with one attached hydrogen (secondary N) is 2. The third kappa shape index (κ3) is 5.91. The van der Waals surface area contributed by atoms with Gasteiger partial charge in [-0.15, -0.1) is 11.3 Å². The van der Waals surface area contributed by atoms with Gasteiger partial charge >= 0.3 is 18.0 Å². The van der Waals surface area contributed by atoms with E-state index in [1.165, 1.54) is 48.8 Å². The number of methoxy groups -OCH3 is 1. The molecule has 16 heteroatoms. The molecule has 2 fully saturated rings. The van der Waals surface area contributed by atoms with Crippen molar-refractivity contribution in [3.63, 3.8) is 0 Å². The summed E-state index contributed by atoms with van der Waals surface area (Å²) in [7, 11) is 1.29. The number of ether oxygens (including phenoxy) is 1. The molecule has 2 amide bonds. The van der Waals surface area contributed by atoms with Crippen LogP contribution >= 0.6 is 22.9 Å². The quantitative estimate of drug-likeness (QED) is 0.231. The molecule has 2 atom stereocenters. The minimum absolute atomic E-state index is 0.126. The monoisotopic (exact) mass is 690 g/mol.